The van der Waals surface area contributed by atoms with E-state index in [4.69, 9.17) is 10.5 Å². The Kier molecular flexibility index (Phi) is 4.55. The normalized spacial score (nSPS) is 15.9. The second kappa shape index (κ2) is 7.15. The number of rotatable bonds is 4. The molecular formula is C19H22N6O. The van der Waals surface area contributed by atoms with E-state index < -0.39 is 0 Å². The number of fused-ring (bicyclic) bond motifs is 1. The Balaban J connectivity index is 1.57. The summed E-state index contributed by atoms with van der Waals surface area (Å²) in [6.07, 6.45) is 1.47. The summed E-state index contributed by atoms with van der Waals surface area (Å²) >= 11 is 0. The van der Waals surface area contributed by atoms with E-state index >= 15 is 0 Å². The third kappa shape index (κ3) is 3.40. The molecule has 7 heteroatoms. The molecule has 1 aliphatic heterocycles. The lowest BCUT2D eigenvalue weighted by Gasteiger charge is -2.32. The number of hydrogen-bond donors (Lipinski definition) is 2. The van der Waals surface area contributed by atoms with Crippen LogP contribution in [0.15, 0.2) is 48.8 Å². The van der Waals surface area contributed by atoms with Gasteiger partial charge >= 0.3 is 0 Å². The third-order valence-corrected chi connectivity index (χ3v) is 4.57. The largest absolute Gasteiger partial charge is 0.436 e. The summed E-state index contributed by atoms with van der Waals surface area (Å²) in [6, 6.07) is 14.0. The van der Waals surface area contributed by atoms with Crippen molar-refractivity contribution in [2.75, 3.05) is 44.4 Å². The van der Waals surface area contributed by atoms with Gasteiger partial charge in [-0.2, -0.15) is 4.98 Å². The number of nitrogens with zero attached hydrogens (tertiary/aromatic N) is 4. The number of ether oxygens (including phenoxy) is 1. The molecule has 3 aromatic rings. The van der Waals surface area contributed by atoms with E-state index in [1.165, 1.54) is 6.33 Å². The van der Waals surface area contributed by atoms with Crippen molar-refractivity contribution in [2.24, 2.45) is 0 Å². The Morgan fingerprint density at radius 1 is 1.00 bits per heavy atom. The molecule has 26 heavy (non-hydrogen) atoms. The molecule has 0 unspecified atom stereocenters. The van der Waals surface area contributed by atoms with Crippen LogP contribution in [0.3, 0.4) is 0 Å². The Morgan fingerprint density at radius 2 is 1.77 bits per heavy atom. The van der Waals surface area contributed by atoms with Gasteiger partial charge in [-0.15, -0.1) is 0 Å². The lowest BCUT2D eigenvalue weighted by atomic mass is 10.1. The van der Waals surface area contributed by atoms with Gasteiger partial charge in [-0.25, -0.2) is 9.99 Å². The number of aromatic nitrogens is 2. The van der Waals surface area contributed by atoms with Gasteiger partial charge in [0.2, 0.25) is 5.88 Å². The van der Waals surface area contributed by atoms with Gasteiger partial charge in [-0.05, 0) is 18.5 Å². The maximum absolute atomic E-state index is 6.27. The molecule has 0 radical (unpaired) electrons. The van der Waals surface area contributed by atoms with Crippen LogP contribution in [0, 0.1) is 0 Å². The molecule has 0 aliphatic carbocycles. The van der Waals surface area contributed by atoms with Crippen LogP contribution < -0.4 is 15.9 Å². The number of piperazine rings is 1. The van der Waals surface area contributed by atoms with Gasteiger partial charge in [0.25, 0.3) is 0 Å². The van der Waals surface area contributed by atoms with Gasteiger partial charge in [0.15, 0.2) is 5.82 Å². The van der Waals surface area contributed by atoms with Crippen LogP contribution >= 0.6 is 0 Å². The molecule has 4 rings (SSSR count). The highest BCUT2D eigenvalue weighted by Gasteiger charge is 2.17. The standard InChI is InChI=1S/C19H22N6O/c1-24-9-11-25(12-10-24)23-18-17(20)19(22-13-21-18)26-16-8-4-6-14-5-2-3-7-15(14)16/h2-8,13H,9-12,20H2,1H3,(H,21,22,23). The molecule has 1 saturated heterocycles. The van der Waals surface area contributed by atoms with Gasteiger partial charge in [0.1, 0.15) is 17.8 Å². The number of nitrogens with one attached hydrogen (secondary N) is 1. The summed E-state index contributed by atoms with van der Waals surface area (Å²) in [5.41, 5.74) is 9.96. The van der Waals surface area contributed by atoms with Crippen molar-refractivity contribution >= 4 is 22.3 Å². The van der Waals surface area contributed by atoms with E-state index in [0.29, 0.717) is 17.4 Å². The number of nitrogens with two attached hydrogens (primary N) is 1. The molecule has 0 spiro atoms. The number of nitrogen functional groups attached to an aromatic ring is 1. The SMILES string of the molecule is CN1CCN(Nc2ncnc(Oc3cccc4ccccc34)c2N)CC1. The lowest BCUT2D eigenvalue weighted by molar-refractivity contribution is 0.178. The summed E-state index contributed by atoms with van der Waals surface area (Å²) in [5, 5.41) is 4.23. The maximum Gasteiger partial charge on any atom is 0.248 e. The fourth-order valence-corrected chi connectivity index (χ4v) is 3.01. The van der Waals surface area contributed by atoms with Gasteiger partial charge in [0, 0.05) is 31.6 Å². The molecule has 7 nitrogen and oxygen atoms in total. The summed E-state index contributed by atoms with van der Waals surface area (Å²) in [6.45, 7) is 3.80. The first-order valence-electron chi connectivity index (χ1n) is 8.67. The quantitative estimate of drug-likeness (QED) is 0.748. The van der Waals surface area contributed by atoms with Crippen molar-refractivity contribution in [3.63, 3.8) is 0 Å². The van der Waals surface area contributed by atoms with Crippen molar-refractivity contribution < 1.29 is 4.74 Å². The predicted octanol–water partition coefficient (Wildman–Crippen LogP) is 2.58. The van der Waals surface area contributed by atoms with E-state index in [-0.39, 0.29) is 0 Å². The van der Waals surface area contributed by atoms with Crippen LogP contribution in [0.25, 0.3) is 10.8 Å². The van der Waals surface area contributed by atoms with E-state index in [0.717, 1.165) is 42.7 Å². The van der Waals surface area contributed by atoms with E-state index in [2.05, 4.69) is 32.4 Å². The molecule has 2 aromatic carbocycles. The van der Waals surface area contributed by atoms with Crippen LogP contribution in [0.5, 0.6) is 11.6 Å². The van der Waals surface area contributed by atoms with Gasteiger partial charge in [-0.3, -0.25) is 0 Å². The molecule has 1 aromatic heterocycles. The molecule has 1 fully saturated rings. The van der Waals surface area contributed by atoms with Crippen molar-refractivity contribution in [1.82, 2.24) is 19.9 Å². The molecule has 3 N–H and O–H groups in total. The molecule has 0 atom stereocenters. The number of anilines is 2. The van der Waals surface area contributed by atoms with E-state index in [9.17, 15) is 0 Å². The first kappa shape index (κ1) is 16.6. The smallest absolute Gasteiger partial charge is 0.248 e. The Labute approximate surface area is 152 Å². The molecule has 134 valence electrons. The number of likely N-dealkylation sites (N-methyl/N-ethyl adjacent to an activating group) is 1. The lowest BCUT2D eigenvalue weighted by Crippen LogP contribution is -2.47. The fourth-order valence-electron chi connectivity index (χ4n) is 3.01. The third-order valence-electron chi connectivity index (χ3n) is 4.57. The topological polar surface area (TPSA) is 79.5 Å². The zero-order valence-electron chi connectivity index (χ0n) is 14.7. The van der Waals surface area contributed by atoms with Crippen molar-refractivity contribution in [3.05, 3.63) is 48.8 Å². The zero-order chi connectivity index (χ0) is 17.9. The zero-order valence-corrected chi connectivity index (χ0v) is 14.7. The van der Waals surface area contributed by atoms with Gasteiger partial charge in [-0.1, -0.05) is 36.4 Å². The summed E-state index contributed by atoms with van der Waals surface area (Å²) in [4.78, 5) is 10.8. The summed E-state index contributed by atoms with van der Waals surface area (Å²) in [7, 11) is 2.12. The highest BCUT2D eigenvalue weighted by molar-refractivity contribution is 5.88. The molecule has 1 aliphatic rings. The summed E-state index contributed by atoms with van der Waals surface area (Å²) in [5.74, 6) is 1.65. The van der Waals surface area contributed by atoms with Crippen LogP contribution in [0.4, 0.5) is 11.5 Å². The highest BCUT2D eigenvalue weighted by atomic mass is 16.5. The van der Waals surface area contributed by atoms with E-state index in [1.807, 2.05) is 42.5 Å². The first-order valence-corrected chi connectivity index (χ1v) is 8.67. The van der Waals surface area contributed by atoms with Crippen LogP contribution in [-0.4, -0.2) is 53.1 Å². The minimum atomic E-state index is 0.355. The van der Waals surface area contributed by atoms with Crippen LogP contribution in [0.1, 0.15) is 0 Å². The summed E-state index contributed by atoms with van der Waals surface area (Å²) < 4.78 is 6.03. The average Bonchev–Trinajstić information content (AvgIpc) is 2.67. The highest BCUT2D eigenvalue weighted by Crippen LogP contribution is 2.33. The van der Waals surface area contributed by atoms with Crippen molar-refractivity contribution in [1.29, 1.82) is 0 Å². The maximum atomic E-state index is 6.27. The van der Waals surface area contributed by atoms with Crippen LogP contribution in [-0.2, 0) is 0 Å². The monoisotopic (exact) mass is 350 g/mol. The van der Waals surface area contributed by atoms with Gasteiger partial charge < -0.3 is 20.8 Å². The predicted molar refractivity (Wildman–Crippen MR) is 103 cm³/mol. The Bertz CT molecular complexity index is 902. The Morgan fingerprint density at radius 3 is 2.62 bits per heavy atom. The first-order chi connectivity index (χ1) is 12.7. The van der Waals surface area contributed by atoms with Crippen molar-refractivity contribution in [3.8, 4) is 11.6 Å². The average molecular weight is 350 g/mol. The van der Waals surface area contributed by atoms with Crippen LogP contribution in [0.2, 0.25) is 0 Å². The molecule has 0 amide bonds. The molecule has 2 heterocycles. The molecular weight excluding hydrogens is 328 g/mol. The number of hydrazine groups is 1. The molecule has 0 saturated carbocycles. The number of hydrogen-bond acceptors (Lipinski definition) is 7. The minimum Gasteiger partial charge on any atom is -0.436 e. The second-order valence-corrected chi connectivity index (χ2v) is 6.42. The van der Waals surface area contributed by atoms with Gasteiger partial charge in [0.05, 0.1) is 0 Å². The Hall–Kier alpha value is -2.90. The number of benzene rings is 2. The minimum absolute atomic E-state index is 0.355. The second-order valence-electron chi connectivity index (χ2n) is 6.42. The van der Waals surface area contributed by atoms with Crippen molar-refractivity contribution in [2.45, 2.75) is 0 Å². The fraction of sp³-hybridized carbons (Fsp3) is 0.263. The molecule has 0 bridgehead atoms. The van der Waals surface area contributed by atoms with E-state index in [1.54, 1.807) is 0 Å².